The average Bonchev–Trinajstić information content (AvgIpc) is 3.86. The number of aromatic nitrogens is 5. The van der Waals surface area contributed by atoms with Crippen LogP contribution >= 0.6 is 23.1 Å². The number of rotatable bonds is 8. The molecule has 45 heavy (non-hydrogen) atoms. The number of aryl methyl sites for hydroxylation is 3. The highest BCUT2D eigenvalue weighted by molar-refractivity contribution is 7.99. The molecule has 8 nitrogen and oxygen atoms in total. The molecule has 1 saturated heterocycles. The number of fused-ring (bicyclic) bond motifs is 3. The van der Waals surface area contributed by atoms with Crippen LogP contribution in [0.25, 0.3) is 32.0 Å². The summed E-state index contributed by atoms with van der Waals surface area (Å²) in [5.74, 6) is 4.73. The number of pyridine rings is 3. The molecule has 3 aliphatic rings. The number of hydrogen-bond donors (Lipinski definition) is 1. The van der Waals surface area contributed by atoms with Crippen LogP contribution in [0.5, 0.6) is 0 Å². The number of nitrogens with one attached hydrogen (secondary N) is 1. The Balaban J connectivity index is 1.26. The van der Waals surface area contributed by atoms with Crippen LogP contribution in [-0.2, 0) is 17.6 Å². The highest BCUT2D eigenvalue weighted by Crippen LogP contribution is 2.53. The molecule has 1 aliphatic carbocycles. The third-order valence-electron chi connectivity index (χ3n) is 9.65. The van der Waals surface area contributed by atoms with Crippen molar-refractivity contribution in [3.8, 4) is 21.9 Å². The predicted octanol–water partition coefficient (Wildman–Crippen LogP) is 8.42. The zero-order valence-electron chi connectivity index (χ0n) is 26.0. The molecule has 0 bridgehead atoms. The quantitative estimate of drug-likeness (QED) is 0.180. The summed E-state index contributed by atoms with van der Waals surface area (Å²) in [5.41, 5.74) is 6.97. The van der Waals surface area contributed by atoms with E-state index in [1.807, 2.05) is 37.1 Å². The van der Waals surface area contributed by atoms with Gasteiger partial charge in [0.1, 0.15) is 5.82 Å². The number of anilines is 1. The van der Waals surface area contributed by atoms with Gasteiger partial charge in [0.2, 0.25) is 0 Å². The first-order chi connectivity index (χ1) is 22.0. The maximum absolute atomic E-state index is 5.94. The Morgan fingerprint density at radius 2 is 1.93 bits per heavy atom. The van der Waals surface area contributed by atoms with Crippen molar-refractivity contribution >= 4 is 39.0 Å². The van der Waals surface area contributed by atoms with Crippen LogP contribution in [0.4, 0.5) is 5.82 Å². The lowest BCUT2D eigenvalue weighted by molar-refractivity contribution is 0.0639. The number of nitrogens with zero attached hydrogens (tertiary/aromatic N) is 5. The van der Waals surface area contributed by atoms with E-state index in [0.717, 1.165) is 79.3 Å². The number of hydrogen-bond acceptors (Lipinski definition) is 10. The second-order valence-electron chi connectivity index (χ2n) is 12.9. The van der Waals surface area contributed by atoms with Crippen LogP contribution in [-0.4, -0.2) is 44.1 Å². The second kappa shape index (κ2) is 12.1. The minimum Gasteiger partial charge on any atom is -0.381 e. The molecular formula is C35H38N6O2S2. The third kappa shape index (κ3) is 5.44. The topological polar surface area (TPSA) is 98.9 Å². The smallest absolute Gasteiger partial charge is 0.260 e. The monoisotopic (exact) mass is 638 g/mol. The fourth-order valence-corrected chi connectivity index (χ4v) is 9.96. The molecule has 1 N–H and O–H groups in total. The molecule has 0 aromatic carbocycles. The van der Waals surface area contributed by atoms with Crippen molar-refractivity contribution < 1.29 is 9.26 Å². The summed E-state index contributed by atoms with van der Waals surface area (Å²) in [5, 5.41) is 9.20. The lowest BCUT2D eigenvalue weighted by atomic mass is 9.89. The van der Waals surface area contributed by atoms with Crippen molar-refractivity contribution in [3.63, 3.8) is 0 Å². The fraction of sp³-hybridized carbons (Fsp3) is 0.457. The number of ether oxygens (including phenoxy) is 1. The van der Waals surface area contributed by atoms with Crippen LogP contribution in [0.3, 0.4) is 0 Å². The van der Waals surface area contributed by atoms with E-state index in [9.17, 15) is 0 Å². The molecule has 7 heterocycles. The van der Waals surface area contributed by atoms with E-state index in [0.29, 0.717) is 29.5 Å². The molecule has 5 aromatic rings. The second-order valence-corrected chi connectivity index (χ2v) is 15.0. The van der Waals surface area contributed by atoms with Gasteiger partial charge >= 0.3 is 0 Å². The van der Waals surface area contributed by atoms with Gasteiger partial charge in [0, 0.05) is 58.3 Å². The van der Waals surface area contributed by atoms with Gasteiger partial charge in [-0.05, 0) is 86.4 Å². The van der Waals surface area contributed by atoms with Crippen molar-refractivity contribution in [1.82, 2.24) is 25.1 Å². The summed E-state index contributed by atoms with van der Waals surface area (Å²) in [4.78, 5) is 22.2. The van der Waals surface area contributed by atoms with E-state index < -0.39 is 0 Å². The van der Waals surface area contributed by atoms with E-state index in [-0.39, 0.29) is 6.04 Å². The van der Waals surface area contributed by atoms with Gasteiger partial charge in [0.25, 0.3) is 5.89 Å². The molecule has 1 fully saturated rings. The first-order valence-electron chi connectivity index (χ1n) is 16.2. The molecule has 5 aromatic heterocycles. The molecule has 0 saturated carbocycles. The zero-order valence-corrected chi connectivity index (χ0v) is 27.6. The largest absolute Gasteiger partial charge is 0.381 e. The summed E-state index contributed by atoms with van der Waals surface area (Å²) in [6.07, 6.45) is 9.99. The van der Waals surface area contributed by atoms with E-state index in [1.165, 1.54) is 37.7 Å². The van der Waals surface area contributed by atoms with Gasteiger partial charge in [-0.3, -0.25) is 9.97 Å². The van der Waals surface area contributed by atoms with Crippen molar-refractivity contribution in [3.05, 3.63) is 65.1 Å². The lowest BCUT2D eigenvalue weighted by Gasteiger charge is -2.23. The van der Waals surface area contributed by atoms with Crippen molar-refractivity contribution in [2.75, 3.05) is 24.3 Å². The van der Waals surface area contributed by atoms with Crippen LogP contribution in [0.15, 0.2) is 46.1 Å². The Bertz CT molecular complexity index is 1860. The Kier molecular flexibility index (Phi) is 7.83. The molecule has 2 aliphatic heterocycles. The van der Waals surface area contributed by atoms with Gasteiger partial charge in [0.05, 0.1) is 27.7 Å². The minimum absolute atomic E-state index is 0.207. The standard InChI is InChI=1S/C35H38N6O2S2/c1-19(2)24-18-44-33-30(29(35-38-20(3)41-43-35)27(39-31(24)33)7-6-21-11-15-42-16-12-21)28-17-22-10-14-37-34(32(22)45-28)40-26-9-8-25-23(26)5-4-13-36-25/h4-5,10,13-14,17,19,21,24,26H,6-9,11-12,15-16,18H2,1-3H3,(H,37,40). The molecule has 2 atom stereocenters. The van der Waals surface area contributed by atoms with Crippen LogP contribution in [0.2, 0.25) is 0 Å². The van der Waals surface area contributed by atoms with Crippen LogP contribution in [0, 0.1) is 18.8 Å². The highest BCUT2D eigenvalue weighted by Gasteiger charge is 2.35. The van der Waals surface area contributed by atoms with Crippen LogP contribution < -0.4 is 5.32 Å². The molecule has 8 rings (SSSR count). The summed E-state index contributed by atoms with van der Waals surface area (Å²) < 4.78 is 12.8. The molecular weight excluding hydrogens is 601 g/mol. The van der Waals surface area contributed by atoms with Crippen molar-refractivity contribution in [2.45, 2.75) is 76.2 Å². The van der Waals surface area contributed by atoms with Gasteiger partial charge in [-0.2, -0.15) is 4.98 Å². The maximum atomic E-state index is 5.94. The lowest BCUT2D eigenvalue weighted by Crippen LogP contribution is -2.17. The Morgan fingerprint density at radius 1 is 1.04 bits per heavy atom. The van der Waals surface area contributed by atoms with E-state index in [2.05, 4.69) is 47.5 Å². The molecule has 0 spiro atoms. The first kappa shape index (κ1) is 29.1. The summed E-state index contributed by atoms with van der Waals surface area (Å²) in [6.45, 7) is 8.23. The Hall–Kier alpha value is -3.34. The van der Waals surface area contributed by atoms with Crippen molar-refractivity contribution in [1.29, 1.82) is 0 Å². The van der Waals surface area contributed by atoms with Gasteiger partial charge in [-0.25, -0.2) is 4.98 Å². The molecule has 0 radical (unpaired) electrons. The van der Waals surface area contributed by atoms with E-state index >= 15 is 0 Å². The van der Waals surface area contributed by atoms with Gasteiger partial charge in [0.15, 0.2) is 5.82 Å². The van der Waals surface area contributed by atoms with E-state index in [1.54, 1.807) is 11.3 Å². The summed E-state index contributed by atoms with van der Waals surface area (Å²) >= 11 is 3.73. The fourth-order valence-electron chi connectivity index (χ4n) is 7.14. The van der Waals surface area contributed by atoms with Gasteiger partial charge in [-0.15, -0.1) is 23.1 Å². The zero-order chi connectivity index (χ0) is 30.5. The van der Waals surface area contributed by atoms with Gasteiger partial charge in [-0.1, -0.05) is 25.1 Å². The molecule has 232 valence electrons. The summed E-state index contributed by atoms with van der Waals surface area (Å²) in [6, 6.07) is 8.88. The average molecular weight is 639 g/mol. The Morgan fingerprint density at radius 3 is 2.76 bits per heavy atom. The first-order valence-corrected chi connectivity index (χ1v) is 18.0. The number of thiophene rings is 1. The molecule has 10 heteroatoms. The minimum atomic E-state index is 0.207. The third-order valence-corrected chi connectivity index (χ3v) is 12.1. The molecule has 2 unspecified atom stereocenters. The Labute approximate surface area is 271 Å². The highest BCUT2D eigenvalue weighted by atomic mass is 32.2. The van der Waals surface area contributed by atoms with Crippen LogP contribution in [0.1, 0.15) is 80.0 Å². The predicted molar refractivity (Wildman–Crippen MR) is 180 cm³/mol. The van der Waals surface area contributed by atoms with Crippen molar-refractivity contribution in [2.24, 2.45) is 11.8 Å². The maximum Gasteiger partial charge on any atom is 0.260 e. The van der Waals surface area contributed by atoms with E-state index in [4.69, 9.17) is 24.2 Å². The summed E-state index contributed by atoms with van der Waals surface area (Å²) in [7, 11) is 0. The number of thioether (sulfide) groups is 1. The SMILES string of the molecule is Cc1noc(-c2c(CCC3CCOCC3)nc3c(c2-c2cc4ccnc(NC5CCc6ncccc65)c4s2)SCC3C(C)C)n1. The molecule has 0 amide bonds. The normalized spacial score (nSPS) is 19.8. The van der Waals surface area contributed by atoms with Gasteiger partial charge < -0.3 is 14.6 Å².